The number of carbonyl (C=O) groups is 1. The van der Waals surface area contributed by atoms with E-state index >= 15 is 0 Å². The van der Waals surface area contributed by atoms with Crippen molar-refractivity contribution in [3.8, 4) is 5.75 Å². The summed E-state index contributed by atoms with van der Waals surface area (Å²) in [5.74, 6) is 1.78. The molecule has 1 fully saturated rings. The molecule has 1 aliphatic heterocycles. The molecule has 4 rings (SSSR count). The second-order valence-corrected chi connectivity index (χ2v) is 7.99. The Hall–Kier alpha value is -2.67. The maximum Gasteiger partial charge on any atom is 0.264 e. The number of likely N-dealkylation sites (tertiary alicyclic amines) is 1. The fraction of sp³-hybridized carbons (Fsp3) is 0.381. The van der Waals surface area contributed by atoms with Gasteiger partial charge in [0.2, 0.25) is 0 Å². The standard InChI is InChI=1S/C21H24N4O2S/c1-14-17-19(22-9-8-15-6-5-7-16(12-15)27-2)23-13-24-20(17)28-18(14)21(26)25-10-3-4-11-25/h5-7,12-13H,3-4,8-11H2,1-2H3,(H,22,23,24). The van der Waals surface area contributed by atoms with E-state index in [1.165, 1.54) is 16.9 Å². The molecule has 1 aromatic carbocycles. The van der Waals surface area contributed by atoms with Gasteiger partial charge in [0.05, 0.1) is 17.4 Å². The molecule has 3 aromatic rings. The van der Waals surface area contributed by atoms with Crippen LogP contribution in [-0.4, -0.2) is 47.5 Å². The number of anilines is 1. The molecule has 3 heterocycles. The van der Waals surface area contributed by atoms with Crippen molar-refractivity contribution < 1.29 is 9.53 Å². The molecule has 1 aliphatic rings. The van der Waals surface area contributed by atoms with Gasteiger partial charge in [-0.3, -0.25) is 4.79 Å². The van der Waals surface area contributed by atoms with E-state index < -0.39 is 0 Å². The molecule has 0 aliphatic carbocycles. The molecule has 6 nitrogen and oxygen atoms in total. The molecule has 0 spiro atoms. The van der Waals surface area contributed by atoms with Crippen LogP contribution in [0.2, 0.25) is 0 Å². The number of aryl methyl sites for hydroxylation is 1. The monoisotopic (exact) mass is 396 g/mol. The van der Waals surface area contributed by atoms with Gasteiger partial charge in [0, 0.05) is 19.6 Å². The minimum atomic E-state index is 0.125. The van der Waals surface area contributed by atoms with Gasteiger partial charge >= 0.3 is 0 Å². The molecule has 0 radical (unpaired) electrons. The van der Waals surface area contributed by atoms with Gasteiger partial charge in [-0.05, 0) is 49.4 Å². The van der Waals surface area contributed by atoms with Crippen molar-refractivity contribution in [1.82, 2.24) is 14.9 Å². The lowest BCUT2D eigenvalue weighted by Gasteiger charge is -2.14. The normalized spacial score (nSPS) is 13.9. The predicted octanol–water partition coefficient (Wildman–Crippen LogP) is 3.90. The third kappa shape index (κ3) is 3.67. The van der Waals surface area contributed by atoms with Crippen LogP contribution in [0.5, 0.6) is 5.75 Å². The first kappa shape index (κ1) is 18.7. The number of aromatic nitrogens is 2. The Kier molecular flexibility index (Phi) is 5.43. The third-order valence-electron chi connectivity index (χ3n) is 5.15. The number of thiophene rings is 1. The summed E-state index contributed by atoms with van der Waals surface area (Å²) in [6.07, 6.45) is 4.60. The van der Waals surface area contributed by atoms with Crippen LogP contribution >= 0.6 is 11.3 Å². The number of nitrogens with zero attached hydrogens (tertiary/aromatic N) is 3. The van der Waals surface area contributed by atoms with E-state index in [1.807, 2.05) is 30.0 Å². The van der Waals surface area contributed by atoms with Crippen molar-refractivity contribution >= 4 is 33.3 Å². The van der Waals surface area contributed by atoms with Crippen LogP contribution in [0.25, 0.3) is 10.2 Å². The molecule has 28 heavy (non-hydrogen) atoms. The SMILES string of the molecule is COc1cccc(CCNc2ncnc3sc(C(=O)N4CCCC4)c(C)c23)c1. The number of fused-ring (bicyclic) bond motifs is 1. The van der Waals surface area contributed by atoms with Crippen molar-refractivity contribution in [3.05, 3.63) is 46.6 Å². The molecular formula is C21H24N4O2S. The highest BCUT2D eigenvalue weighted by Gasteiger charge is 2.25. The highest BCUT2D eigenvalue weighted by atomic mass is 32.1. The largest absolute Gasteiger partial charge is 0.497 e. The highest BCUT2D eigenvalue weighted by molar-refractivity contribution is 7.20. The lowest BCUT2D eigenvalue weighted by atomic mass is 10.1. The van der Waals surface area contributed by atoms with Crippen molar-refractivity contribution in [3.63, 3.8) is 0 Å². The Bertz CT molecular complexity index is 995. The number of methoxy groups -OCH3 is 1. The Balaban J connectivity index is 1.53. The number of hydrogen-bond donors (Lipinski definition) is 1. The summed E-state index contributed by atoms with van der Waals surface area (Å²) < 4.78 is 5.28. The summed E-state index contributed by atoms with van der Waals surface area (Å²) in [5.41, 5.74) is 2.17. The van der Waals surface area contributed by atoms with E-state index in [0.29, 0.717) is 0 Å². The third-order valence-corrected chi connectivity index (χ3v) is 6.34. The number of benzene rings is 1. The van der Waals surface area contributed by atoms with Crippen LogP contribution in [-0.2, 0) is 6.42 Å². The second kappa shape index (κ2) is 8.14. The van der Waals surface area contributed by atoms with E-state index in [4.69, 9.17) is 4.74 Å². The van der Waals surface area contributed by atoms with Crippen molar-refractivity contribution in [1.29, 1.82) is 0 Å². The maximum absolute atomic E-state index is 12.9. The molecule has 0 atom stereocenters. The zero-order chi connectivity index (χ0) is 19.5. The van der Waals surface area contributed by atoms with Gasteiger partial charge in [0.25, 0.3) is 5.91 Å². The van der Waals surface area contributed by atoms with Crippen molar-refractivity contribution in [2.24, 2.45) is 0 Å². The van der Waals surface area contributed by atoms with Gasteiger partial charge in [-0.25, -0.2) is 9.97 Å². The summed E-state index contributed by atoms with van der Waals surface area (Å²) in [6.45, 7) is 4.44. The van der Waals surface area contributed by atoms with Crippen molar-refractivity contribution in [2.75, 3.05) is 32.1 Å². The van der Waals surface area contributed by atoms with Crippen LogP contribution in [0.3, 0.4) is 0 Å². The molecule has 1 saturated heterocycles. The van der Waals surface area contributed by atoms with Gasteiger partial charge in [-0.1, -0.05) is 12.1 Å². The molecule has 0 saturated carbocycles. The fourth-order valence-electron chi connectivity index (χ4n) is 3.63. The van der Waals surface area contributed by atoms with E-state index in [0.717, 1.165) is 71.1 Å². The van der Waals surface area contributed by atoms with Crippen LogP contribution < -0.4 is 10.1 Å². The smallest absolute Gasteiger partial charge is 0.264 e. The van der Waals surface area contributed by atoms with E-state index in [1.54, 1.807) is 13.4 Å². The molecule has 2 aromatic heterocycles. The Morgan fingerprint density at radius 2 is 2.11 bits per heavy atom. The van der Waals surface area contributed by atoms with Crippen LogP contribution in [0.4, 0.5) is 5.82 Å². The van der Waals surface area contributed by atoms with Crippen LogP contribution in [0.1, 0.15) is 33.6 Å². The summed E-state index contributed by atoms with van der Waals surface area (Å²) in [6, 6.07) is 8.07. The number of ether oxygens (including phenoxy) is 1. The average Bonchev–Trinajstić information content (AvgIpc) is 3.37. The van der Waals surface area contributed by atoms with Gasteiger partial charge in [-0.2, -0.15) is 0 Å². The van der Waals surface area contributed by atoms with Crippen LogP contribution in [0, 0.1) is 6.92 Å². The first-order chi connectivity index (χ1) is 13.7. The minimum Gasteiger partial charge on any atom is -0.497 e. The lowest BCUT2D eigenvalue weighted by Crippen LogP contribution is -2.27. The molecule has 0 bridgehead atoms. The number of carbonyl (C=O) groups excluding carboxylic acids is 1. The lowest BCUT2D eigenvalue weighted by molar-refractivity contribution is 0.0797. The molecule has 146 valence electrons. The Morgan fingerprint density at radius 3 is 2.89 bits per heavy atom. The first-order valence-electron chi connectivity index (χ1n) is 9.57. The van der Waals surface area contributed by atoms with Gasteiger partial charge in [0.15, 0.2) is 0 Å². The number of hydrogen-bond acceptors (Lipinski definition) is 6. The molecular weight excluding hydrogens is 372 g/mol. The maximum atomic E-state index is 12.9. The molecule has 1 amide bonds. The number of amides is 1. The van der Waals surface area contributed by atoms with Gasteiger partial charge in [-0.15, -0.1) is 11.3 Å². The van der Waals surface area contributed by atoms with E-state index in [9.17, 15) is 4.79 Å². The van der Waals surface area contributed by atoms with E-state index in [2.05, 4.69) is 21.4 Å². The molecule has 0 unspecified atom stereocenters. The Labute approximate surface area is 168 Å². The first-order valence-corrected chi connectivity index (χ1v) is 10.4. The Morgan fingerprint density at radius 1 is 1.29 bits per heavy atom. The predicted molar refractivity (Wildman–Crippen MR) is 112 cm³/mol. The topological polar surface area (TPSA) is 67.3 Å². The van der Waals surface area contributed by atoms with Gasteiger partial charge in [0.1, 0.15) is 22.7 Å². The average molecular weight is 397 g/mol. The van der Waals surface area contributed by atoms with Crippen LogP contribution in [0.15, 0.2) is 30.6 Å². The number of rotatable bonds is 6. The molecule has 7 heteroatoms. The van der Waals surface area contributed by atoms with E-state index in [-0.39, 0.29) is 5.91 Å². The zero-order valence-electron chi connectivity index (χ0n) is 16.2. The highest BCUT2D eigenvalue weighted by Crippen LogP contribution is 2.34. The summed E-state index contributed by atoms with van der Waals surface area (Å²) >= 11 is 1.47. The second-order valence-electron chi connectivity index (χ2n) is 6.99. The summed E-state index contributed by atoms with van der Waals surface area (Å²) in [4.78, 5) is 25.3. The van der Waals surface area contributed by atoms with Crippen molar-refractivity contribution in [2.45, 2.75) is 26.2 Å². The summed E-state index contributed by atoms with van der Waals surface area (Å²) in [7, 11) is 1.68. The zero-order valence-corrected chi connectivity index (χ0v) is 17.0. The minimum absolute atomic E-state index is 0.125. The number of nitrogens with one attached hydrogen (secondary N) is 1. The quantitative estimate of drug-likeness (QED) is 0.684. The fourth-order valence-corrected chi connectivity index (χ4v) is 4.74. The molecule has 1 N–H and O–H groups in total. The summed E-state index contributed by atoms with van der Waals surface area (Å²) in [5, 5.41) is 4.39. The van der Waals surface area contributed by atoms with Gasteiger partial charge < -0.3 is 15.0 Å².